The summed E-state index contributed by atoms with van der Waals surface area (Å²) in [5.74, 6) is -0.566. The fraction of sp³-hybridized carbons (Fsp3) is 0.471. The molecule has 0 radical (unpaired) electrons. The number of carbonyl (C=O) groups is 1. The second kappa shape index (κ2) is 7.55. The molecule has 26 heavy (non-hydrogen) atoms. The highest BCUT2D eigenvalue weighted by atomic mass is 32.2. The van der Waals surface area contributed by atoms with Crippen molar-refractivity contribution in [3.8, 4) is 0 Å². The van der Waals surface area contributed by atoms with Gasteiger partial charge in [0.1, 0.15) is 0 Å². The number of methoxy groups -OCH3 is 1. The Morgan fingerprint density at radius 2 is 1.92 bits per heavy atom. The Morgan fingerprint density at radius 3 is 2.62 bits per heavy atom. The summed E-state index contributed by atoms with van der Waals surface area (Å²) < 4.78 is 34.4. The summed E-state index contributed by atoms with van der Waals surface area (Å²) in [6.07, 6.45) is 4.85. The zero-order chi connectivity index (χ0) is 18.7. The lowest BCUT2D eigenvalue weighted by atomic mass is 9.91. The summed E-state index contributed by atoms with van der Waals surface area (Å²) in [5, 5.41) is 7.83. The summed E-state index contributed by atoms with van der Waals surface area (Å²) in [5.41, 5.74) is 1.11. The highest BCUT2D eigenvalue weighted by Crippen LogP contribution is 2.29. The molecule has 1 aromatic carbocycles. The van der Waals surface area contributed by atoms with Crippen LogP contribution < -0.4 is 4.72 Å². The maximum absolute atomic E-state index is 12.7. The Hall–Kier alpha value is -2.26. The third-order valence-electron chi connectivity index (χ3n) is 4.61. The van der Waals surface area contributed by atoms with Crippen LogP contribution in [0.3, 0.4) is 0 Å². The number of benzene rings is 1. The summed E-state index contributed by atoms with van der Waals surface area (Å²) in [6.45, 7) is 1.91. The minimum absolute atomic E-state index is 0.109. The van der Waals surface area contributed by atoms with E-state index in [2.05, 4.69) is 19.8 Å². The van der Waals surface area contributed by atoms with E-state index in [-0.39, 0.29) is 22.7 Å². The predicted molar refractivity (Wildman–Crippen MR) is 94.2 cm³/mol. The smallest absolute Gasteiger partial charge is 0.360 e. The molecule has 0 bridgehead atoms. The van der Waals surface area contributed by atoms with Crippen molar-refractivity contribution >= 4 is 16.0 Å². The number of esters is 1. The van der Waals surface area contributed by atoms with Gasteiger partial charge in [0.2, 0.25) is 10.0 Å². The zero-order valence-electron chi connectivity index (χ0n) is 14.8. The van der Waals surface area contributed by atoms with E-state index in [1.54, 1.807) is 28.9 Å². The first-order valence-electron chi connectivity index (χ1n) is 8.50. The van der Waals surface area contributed by atoms with Gasteiger partial charge in [-0.25, -0.2) is 22.6 Å². The lowest BCUT2D eigenvalue weighted by Crippen LogP contribution is -2.43. The predicted octanol–water partition coefficient (Wildman–Crippen LogP) is 1.84. The third kappa shape index (κ3) is 3.94. The monoisotopic (exact) mass is 378 g/mol. The highest BCUT2D eigenvalue weighted by Gasteiger charge is 2.32. The average molecular weight is 378 g/mol. The molecular formula is C17H22N4O4S. The van der Waals surface area contributed by atoms with E-state index in [0.717, 1.165) is 24.8 Å². The quantitative estimate of drug-likeness (QED) is 0.796. The van der Waals surface area contributed by atoms with Gasteiger partial charge in [-0.3, -0.25) is 0 Å². The van der Waals surface area contributed by atoms with Crippen LogP contribution in [0.1, 0.15) is 47.8 Å². The van der Waals surface area contributed by atoms with Crippen molar-refractivity contribution in [3.05, 3.63) is 41.7 Å². The summed E-state index contributed by atoms with van der Waals surface area (Å²) in [7, 11) is -2.36. The van der Waals surface area contributed by atoms with Crippen molar-refractivity contribution in [2.24, 2.45) is 0 Å². The molecule has 1 N–H and O–H groups in total. The van der Waals surface area contributed by atoms with Crippen molar-refractivity contribution in [1.29, 1.82) is 0 Å². The number of aryl methyl sites for hydroxylation is 1. The lowest BCUT2D eigenvalue weighted by Gasteiger charge is -2.31. The minimum Gasteiger partial charge on any atom is -0.464 e. The Balaban J connectivity index is 1.82. The fourth-order valence-electron chi connectivity index (χ4n) is 3.19. The Morgan fingerprint density at radius 1 is 1.23 bits per heavy atom. The molecule has 1 aliphatic carbocycles. The molecule has 0 unspecified atom stereocenters. The van der Waals surface area contributed by atoms with Gasteiger partial charge in [0, 0.05) is 6.04 Å². The molecule has 0 saturated heterocycles. The first kappa shape index (κ1) is 18.5. The number of nitrogens with one attached hydrogen (secondary N) is 1. The van der Waals surface area contributed by atoms with E-state index in [1.807, 2.05) is 6.92 Å². The molecule has 1 aliphatic rings. The maximum atomic E-state index is 12.7. The SMILES string of the molecule is COC(=O)c1cn([C@H]2CCCC[C@@H]2NS(=O)(=O)c2ccc(C)cc2)nn1. The van der Waals surface area contributed by atoms with Crippen molar-refractivity contribution in [1.82, 2.24) is 19.7 Å². The Kier molecular flexibility index (Phi) is 5.38. The number of sulfonamides is 1. The van der Waals surface area contributed by atoms with Gasteiger partial charge in [-0.1, -0.05) is 35.8 Å². The normalized spacial score (nSPS) is 20.7. The van der Waals surface area contributed by atoms with Crippen LogP contribution in [-0.4, -0.2) is 42.5 Å². The molecule has 140 valence electrons. The van der Waals surface area contributed by atoms with Gasteiger partial charge in [0.25, 0.3) is 0 Å². The van der Waals surface area contributed by atoms with Crippen LogP contribution >= 0.6 is 0 Å². The number of nitrogens with zero attached hydrogens (tertiary/aromatic N) is 3. The van der Waals surface area contributed by atoms with Gasteiger partial charge in [-0.05, 0) is 31.9 Å². The maximum Gasteiger partial charge on any atom is 0.360 e. The lowest BCUT2D eigenvalue weighted by molar-refractivity contribution is 0.0594. The van der Waals surface area contributed by atoms with Crippen LogP contribution in [0, 0.1) is 6.92 Å². The Labute approximate surface area is 152 Å². The van der Waals surface area contributed by atoms with Gasteiger partial charge in [-0.15, -0.1) is 5.10 Å². The van der Waals surface area contributed by atoms with Gasteiger partial charge in [-0.2, -0.15) is 0 Å². The molecule has 0 amide bonds. The molecule has 1 fully saturated rings. The standard InChI is InChI=1S/C17H22N4O4S/c1-12-7-9-13(10-8-12)26(23,24)19-14-5-3-4-6-16(14)21-11-15(18-20-21)17(22)25-2/h7-11,14,16,19H,3-6H2,1-2H3/t14-,16-/m0/s1. The van der Waals surface area contributed by atoms with Crippen molar-refractivity contribution in [2.45, 2.75) is 49.6 Å². The van der Waals surface area contributed by atoms with Crippen molar-refractivity contribution in [3.63, 3.8) is 0 Å². The molecule has 3 rings (SSSR count). The molecule has 8 nitrogen and oxygen atoms in total. The van der Waals surface area contributed by atoms with Crippen LogP contribution in [0.5, 0.6) is 0 Å². The van der Waals surface area contributed by atoms with E-state index in [4.69, 9.17) is 0 Å². The Bertz CT molecular complexity index is 876. The van der Waals surface area contributed by atoms with Crippen LogP contribution in [0.2, 0.25) is 0 Å². The highest BCUT2D eigenvalue weighted by molar-refractivity contribution is 7.89. The fourth-order valence-corrected chi connectivity index (χ4v) is 4.49. The third-order valence-corrected chi connectivity index (χ3v) is 6.12. The average Bonchev–Trinajstić information content (AvgIpc) is 3.11. The van der Waals surface area contributed by atoms with Crippen LogP contribution in [0.25, 0.3) is 0 Å². The van der Waals surface area contributed by atoms with E-state index >= 15 is 0 Å². The molecule has 1 saturated carbocycles. The first-order chi connectivity index (χ1) is 12.4. The van der Waals surface area contributed by atoms with E-state index in [9.17, 15) is 13.2 Å². The molecular weight excluding hydrogens is 356 g/mol. The molecule has 1 heterocycles. The van der Waals surface area contributed by atoms with Crippen molar-refractivity contribution in [2.75, 3.05) is 7.11 Å². The van der Waals surface area contributed by atoms with Crippen LogP contribution in [0.4, 0.5) is 0 Å². The second-order valence-corrected chi connectivity index (χ2v) is 8.18. The molecule has 0 spiro atoms. The zero-order valence-corrected chi connectivity index (χ0v) is 15.6. The number of carbonyl (C=O) groups excluding carboxylic acids is 1. The number of ether oxygens (including phenoxy) is 1. The number of hydrogen-bond donors (Lipinski definition) is 1. The van der Waals surface area contributed by atoms with Gasteiger partial charge in [0.15, 0.2) is 5.69 Å². The molecule has 1 aromatic heterocycles. The molecule has 9 heteroatoms. The number of aromatic nitrogens is 3. The minimum atomic E-state index is -3.63. The van der Waals surface area contributed by atoms with Gasteiger partial charge in [0.05, 0.1) is 24.2 Å². The van der Waals surface area contributed by atoms with E-state index in [0.29, 0.717) is 6.42 Å². The molecule has 2 aromatic rings. The topological polar surface area (TPSA) is 103 Å². The summed E-state index contributed by atoms with van der Waals surface area (Å²) in [4.78, 5) is 11.8. The summed E-state index contributed by atoms with van der Waals surface area (Å²) >= 11 is 0. The van der Waals surface area contributed by atoms with Crippen LogP contribution in [-0.2, 0) is 14.8 Å². The van der Waals surface area contributed by atoms with Gasteiger partial charge < -0.3 is 4.74 Å². The van der Waals surface area contributed by atoms with Crippen LogP contribution in [0.15, 0.2) is 35.4 Å². The van der Waals surface area contributed by atoms with E-state index < -0.39 is 16.0 Å². The number of hydrogen-bond acceptors (Lipinski definition) is 6. The second-order valence-electron chi connectivity index (χ2n) is 6.47. The van der Waals surface area contributed by atoms with E-state index in [1.165, 1.54) is 13.3 Å². The van der Waals surface area contributed by atoms with Crippen molar-refractivity contribution < 1.29 is 17.9 Å². The molecule has 0 aliphatic heterocycles. The summed E-state index contributed by atoms with van der Waals surface area (Å²) in [6, 6.07) is 6.22. The largest absolute Gasteiger partial charge is 0.464 e. The number of rotatable bonds is 5. The first-order valence-corrected chi connectivity index (χ1v) is 9.98. The molecule has 2 atom stereocenters. The van der Waals surface area contributed by atoms with Gasteiger partial charge >= 0.3 is 5.97 Å².